The molecule has 0 saturated carbocycles. The Kier molecular flexibility index (Phi) is 4.70. The number of aromatic nitrogens is 1. The molecule has 4 heterocycles. The molecular weight excluding hydrogens is 318 g/mol. The molecule has 134 valence electrons. The monoisotopic (exact) mass is 343 g/mol. The maximum Gasteiger partial charge on any atom is 0.255 e. The lowest BCUT2D eigenvalue weighted by Gasteiger charge is -2.41. The molecule has 0 bridgehead atoms. The highest BCUT2D eigenvalue weighted by atomic mass is 16.5. The fourth-order valence-corrected chi connectivity index (χ4v) is 4.50. The van der Waals surface area contributed by atoms with E-state index in [1.54, 1.807) is 18.5 Å². The summed E-state index contributed by atoms with van der Waals surface area (Å²) >= 11 is 0. The first-order valence-corrected chi connectivity index (χ1v) is 9.32. The number of fused-ring (bicyclic) bond motifs is 1. The van der Waals surface area contributed by atoms with Crippen molar-refractivity contribution in [2.45, 2.75) is 44.2 Å². The van der Waals surface area contributed by atoms with E-state index in [4.69, 9.17) is 4.74 Å². The fraction of sp³-hybridized carbons (Fsp3) is 0.632. The van der Waals surface area contributed by atoms with Gasteiger partial charge >= 0.3 is 0 Å². The molecule has 3 saturated heterocycles. The molecule has 0 N–H and O–H groups in total. The molecule has 2 atom stereocenters. The van der Waals surface area contributed by atoms with Crippen molar-refractivity contribution in [2.75, 3.05) is 26.3 Å². The predicted molar refractivity (Wildman–Crippen MR) is 92.0 cm³/mol. The number of hydrogen-bond acceptors (Lipinski definition) is 4. The second-order valence-corrected chi connectivity index (χ2v) is 7.30. The van der Waals surface area contributed by atoms with Crippen LogP contribution in [0, 0.1) is 5.92 Å². The molecule has 0 aromatic carbocycles. The lowest BCUT2D eigenvalue weighted by molar-refractivity contribution is -0.138. The summed E-state index contributed by atoms with van der Waals surface area (Å²) in [5.74, 6) is 0.823. The van der Waals surface area contributed by atoms with Crippen molar-refractivity contribution < 1.29 is 14.3 Å². The highest BCUT2D eigenvalue weighted by Crippen LogP contribution is 2.33. The number of carbonyl (C=O) groups excluding carboxylic acids is 2. The summed E-state index contributed by atoms with van der Waals surface area (Å²) in [5.41, 5.74) is 0.635. The van der Waals surface area contributed by atoms with Crippen LogP contribution in [0.1, 0.15) is 42.5 Å². The number of likely N-dealkylation sites (tertiary alicyclic amines) is 2. The van der Waals surface area contributed by atoms with Gasteiger partial charge in [-0.05, 0) is 43.7 Å². The van der Waals surface area contributed by atoms with E-state index in [1.807, 2.05) is 11.0 Å². The zero-order valence-electron chi connectivity index (χ0n) is 14.5. The first-order valence-electron chi connectivity index (χ1n) is 9.32. The first-order chi connectivity index (χ1) is 12.2. The summed E-state index contributed by atoms with van der Waals surface area (Å²) in [6.07, 6.45) is 7.56. The molecule has 0 unspecified atom stereocenters. The SMILES string of the molecule is O=C1CC[C@@H]2[C@@H](CCN2C(=O)c2cccnc2)N1CC1CCOCC1. The van der Waals surface area contributed by atoms with Crippen LogP contribution in [0.4, 0.5) is 0 Å². The van der Waals surface area contributed by atoms with Crippen molar-refractivity contribution in [1.82, 2.24) is 14.8 Å². The van der Waals surface area contributed by atoms with Crippen LogP contribution in [0.2, 0.25) is 0 Å². The van der Waals surface area contributed by atoms with E-state index in [9.17, 15) is 9.59 Å². The Morgan fingerprint density at radius 2 is 2.04 bits per heavy atom. The van der Waals surface area contributed by atoms with Gasteiger partial charge in [0.05, 0.1) is 17.6 Å². The third-order valence-electron chi connectivity index (χ3n) is 5.85. The summed E-state index contributed by atoms with van der Waals surface area (Å²) in [4.78, 5) is 33.5. The van der Waals surface area contributed by atoms with E-state index in [1.165, 1.54) is 0 Å². The van der Waals surface area contributed by atoms with Crippen molar-refractivity contribution in [3.8, 4) is 0 Å². The molecule has 0 aliphatic carbocycles. The lowest BCUT2D eigenvalue weighted by atomic mass is 9.92. The molecule has 3 aliphatic heterocycles. The van der Waals surface area contributed by atoms with Gasteiger partial charge in [-0.3, -0.25) is 14.6 Å². The zero-order chi connectivity index (χ0) is 17.2. The summed E-state index contributed by atoms with van der Waals surface area (Å²) in [7, 11) is 0. The van der Waals surface area contributed by atoms with Gasteiger partial charge in [0.15, 0.2) is 0 Å². The molecule has 6 nitrogen and oxygen atoms in total. The van der Waals surface area contributed by atoms with Crippen LogP contribution in [-0.4, -0.2) is 65.0 Å². The molecule has 2 amide bonds. The Balaban J connectivity index is 1.48. The van der Waals surface area contributed by atoms with Crippen LogP contribution >= 0.6 is 0 Å². The topological polar surface area (TPSA) is 62.7 Å². The van der Waals surface area contributed by atoms with Crippen molar-refractivity contribution in [1.29, 1.82) is 0 Å². The fourth-order valence-electron chi connectivity index (χ4n) is 4.50. The van der Waals surface area contributed by atoms with Crippen LogP contribution < -0.4 is 0 Å². The molecule has 0 radical (unpaired) electrons. The van der Waals surface area contributed by atoms with Crippen molar-refractivity contribution in [3.05, 3.63) is 30.1 Å². The molecule has 4 rings (SSSR count). The number of nitrogens with zero attached hydrogens (tertiary/aromatic N) is 3. The standard InChI is InChI=1S/C19H25N3O3/c23-18-4-3-16-17(22(18)13-14-6-10-25-11-7-14)5-9-21(16)19(24)15-2-1-8-20-12-15/h1-2,8,12,14,16-17H,3-7,9-11,13H2/t16-,17-/m1/s1. The predicted octanol–water partition coefficient (Wildman–Crippen LogP) is 1.71. The van der Waals surface area contributed by atoms with E-state index >= 15 is 0 Å². The van der Waals surface area contributed by atoms with Gasteiger partial charge in [-0.1, -0.05) is 0 Å². The number of pyridine rings is 1. The maximum absolute atomic E-state index is 12.8. The molecule has 6 heteroatoms. The third-order valence-corrected chi connectivity index (χ3v) is 5.85. The van der Waals surface area contributed by atoms with E-state index < -0.39 is 0 Å². The smallest absolute Gasteiger partial charge is 0.255 e. The number of ether oxygens (including phenoxy) is 1. The second kappa shape index (κ2) is 7.12. The molecule has 1 aromatic heterocycles. The van der Waals surface area contributed by atoms with Crippen molar-refractivity contribution >= 4 is 11.8 Å². The zero-order valence-corrected chi connectivity index (χ0v) is 14.5. The van der Waals surface area contributed by atoms with Crippen LogP contribution in [0.5, 0.6) is 0 Å². The quantitative estimate of drug-likeness (QED) is 0.838. The summed E-state index contributed by atoms with van der Waals surface area (Å²) < 4.78 is 5.44. The first kappa shape index (κ1) is 16.5. The highest BCUT2D eigenvalue weighted by Gasteiger charge is 2.45. The minimum absolute atomic E-state index is 0.0426. The van der Waals surface area contributed by atoms with Crippen LogP contribution in [0.25, 0.3) is 0 Å². The van der Waals surface area contributed by atoms with E-state index in [0.717, 1.165) is 52.0 Å². The summed E-state index contributed by atoms with van der Waals surface area (Å²) in [5, 5.41) is 0. The van der Waals surface area contributed by atoms with Gasteiger partial charge in [-0.15, -0.1) is 0 Å². The Bertz CT molecular complexity index is 630. The second-order valence-electron chi connectivity index (χ2n) is 7.30. The number of amides is 2. The molecule has 3 aliphatic rings. The number of rotatable bonds is 3. The average Bonchev–Trinajstić information content (AvgIpc) is 3.09. The molecule has 1 aromatic rings. The van der Waals surface area contributed by atoms with Gasteiger partial charge in [0.25, 0.3) is 5.91 Å². The largest absolute Gasteiger partial charge is 0.381 e. The molecular formula is C19H25N3O3. The van der Waals surface area contributed by atoms with Gasteiger partial charge in [-0.2, -0.15) is 0 Å². The van der Waals surface area contributed by atoms with E-state index in [-0.39, 0.29) is 23.9 Å². The Morgan fingerprint density at radius 1 is 1.20 bits per heavy atom. The molecule has 0 spiro atoms. The van der Waals surface area contributed by atoms with Gasteiger partial charge in [-0.25, -0.2) is 0 Å². The Labute approximate surface area is 148 Å². The van der Waals surface area contributed by atoms with E-state index in [0.29, 0.717) is 17.9 Å². The van der Waals surface area contributed by atoms with Crippen molar-refractivity contribution in [3.63, 3.8) is 0 Å². The molecule has 25 heavy (non-hydrogen) atoms. The number of hydrogen-bond donors (Lipinski definition) is 0. The van der Waals surface area contributed by atoms with Crippen LogP contribution in [0.15, 0.2) is 24.5 Å². The maximum atomic E-state index is 12.8. The number of piperidine rings is 1. The Morgan fingerprint density at radius 3 is 2.80 bits per heavy atom. The van der Waals surface area contributed by atoms with Crippen molar-refractivity contribution in [2.24, 2.45) is 5.92 Å². The van der Waals surface area contributed by atoms with Gasteiger partial charge < -0.3 is 14.5 Å². The van der Waals surface area contributed by atoms with E-state index in [2.05, 4.69) is 9.88 Å². The third kappa shape index (κ3) is 3.27. The number of carbonyl (C=O) groups is 2. The lowest BCUT2D eigenvalue weighted by Crippen LogP contribution is -2.54. The highest BCUT2D eigenvalue weighted by molar-refractivity contribution is 5.94. The van der Waals surface area contributed by atoms with Gasteiger partial charge in [0, 0.05) is 45.1 Å². The summed E-state index contributed by atoms with van der Waals surface area (Å²) in [6.45, 7) is 3.14. The summed E-state index contributed by atoms with van der Waals surface area (Å²) in [6, 6.07) is 3.92. The van der Waals surface area contributed by atoms with Gasteiger partial charge in [0.1, 0.15) is 0 Å². The van der Waals surface area contributed by atoms with Crippen LogP contribution in [-0.2, 0) is 9.53 Å². The normalized spacial score (nSPS) is 27.4. The Hall–Kier alpha value is -1.95. The van der Waals surface area contributed by atoms with Gasteiger partial charge in [0.2, 0.25) is 5.91 Å². The minimum atomic E-state index is 0.0426. The van der Waals surface area contributed by atoms with Crippen LogP contribution in [0.3, 0.4) is 0 Å². The average molecular weight is 343 g/mol. The molecule has 3 fully saturated rings. The minimum Gasteiger partial charge on any atom is -0.381 e.